The summed E-state index contributed by atoms with van der Waals surface area (Å²) in [5.41, 5.74) is 2.41. The summed E-state index contributed by atoms with van der Waals surface area (Å²) in [6, 6.07) is 30.2. The number of thioether (sulfide) groups is 1. The first-order valence-corrected chi connectivity index (χ1v) is 18.1. The number of rotatable bonds is 13. The predicted octanol–water partition coefficient (Wildman–Crippen LogP) is 7.41. The van der Waals surface area contributed by atoms with Crippen molar-refractivity contribution in [2.75, 3.05) is 32.0 Å². The molecule has 55 heavy (non-hydrogen) atoms. The van der Waals surface area contributed by atoms with Crippen LogP contribution in [0.25, 0.3) is 6.08 Å². The molecule has 1 atom stereocenters. The molecule has 12 heteroatoms. The molecule has 0 heterocycles. The van der Waals surface area contributed by atoms with Crippen molar-refractivity contribution < 1.29 is 38.2 Å². The second-order valence-corrected chi connectivity index (χ2v) is 13.5. The lowest BCUT2D eigenvalue weighted by atomic mass is 9.83. The lowest BCUT2D eigenvalue weighted by Gasteiger charge is -2.21. The molecule has 0 spiro atoms. The molecular weight excluding hydrogens is 719 g/mol. The van der Waals surface area contributed by atoms with Gasteiger partial charge in [0.1, 0.15) is 11.4 Å². The molecular formula is C43H37N3O8S. The lowest BCUT2D eigenvalue weighted by molar-refractivity contribution is -0.116. The Morgan fingerprint density at radius 1 is 0.691 bits per heavy atom. The number of ketones is 2. The Labute approximate surface area is 322 Å². The molecule has 6 rings (SSSR count). The summed E-state index contributed by atoms with van der Waals surface area (Å²) < 4.78 is 16.4. The van der Waals surface area contributed by atoms with E-state index in [1.807, 2.05) is 13.0 Å². The Bertz CT molecular complexity index is 2340. The van der Waals surface area contributed by atoms with Crippen LogP contribution in [0, 0.1) is 0 Å². The van der Waals surface area contributed by atoms with Crippen LogP contribution in [-0.2, 0) is 9.59 Å². The van der Waals surface area contributed by atoms with Crippen molar-refractivity contribution in [3.8, 4) is 17.2 Å². The lowest BCUT2D eigenvalue weighted by Crippen LogP contribution is -2.30. The smallest absolute Gasteiger partial charge is 0.272 e. The third-order valence-corrected chi connectivity index (χ3v) is 10.2. The molecule has 0 bridgehead atoms. The first-order valence-electron chi connectivity index (χ1n) is 17.2. The van der Waals surface area contributed by atoms with Gasteiger partial charge in [0.2, 0.25) is 5.91 Å². The van der Waals surface area contributed by atoms with Crippen LogP contribution < -0.4 is 30.2 Å². The fraction of sp³-hybridized carbons (Fsp3) is 0.140. The van der Waals surface area contributed by atoms with Gasteiger partial charge in [-0.05, 0) is 55.0 Å². The van der Waals surface area contributed by atoms with Gasteiger partial charge in [0.15, 0.2) is 23.1 Å². The van der Waals surface area contributed by atoms with Crippen LogP contribution in [-0.4, -0.2) is 55.9 Å². The van der Waals surface area contributed by atoms with Crippen molar-refractivity contribution in [3.05, 3.63) is 148 Å². The van der Waals surface area contributed by atoms with E-state index in [0.717, 1.165) is 0 Å². The van der Waals surface area contributed by atoms with Crippen molar-refractivity contribution in [1.82, 2.24) is 5.32 Å². The van der Waals surface area contributed by atoms with E-state index in [-0.39, 0.29) is 40.0 Å². The molecule has 1 aliphatic carbocycles. The van der Waals surface area contributed by atoms with Gasteiger partial charge in [0.25, 0.3) is 11.8 Å². The number of methoxy groups -OCH3 is 3. The maximum atomic E-state index is 13.9. The number of fused-ring (bicyclic) bond motifs is 2. The Morgan fingerprint density at radius 2 is 1.33 bits per heavy atom. The molecule has 0 saturated carbocycles. The van der Waals surface area contributed by atoms with Crippen LogP contribution in [0.15, 0.2) is 120 Å². The molecule has 3 amide bonds. The van der Waals surface area contributed by atoms with Crippen LogP contribution in [0.1, 0.15) is 61.1 Å². The van der Waals surface area contributed by atoms with Gasteiger partial charge in [-0.15, -0.1) is 11.8 Å². The van der Waals surface area contributed by atoms with Crippen LogP contribution in [0.3, 0.4) is 0 Å². The summed E-state index contributed by atoms with van der Waals surface area (Å²) in [4.78, 5) is 68.2. The molecule has 11 nitrogen and oxygen atoms in total. The number of nitrogens with one attached hydrogen (secondary N) is 3. The molecule has 3 N–H and O–H groups in total. The number of carbonyl (C=O) groups excluding carboxylic acids is 5. The van der Waals surface area contributed by atoms with Gasteiger partial charge < -0.3 is 30.2 Å². The fourth-order valence-corrected chi connectivity index (χ4v) is 7.07. The van der Waals surface area contributed by atoms with E-state index >= 15 is 0 Å². The third kappa shape index (κ3) is 8.29. The van der Waals surface area contributed by atoms with E-state index < -0.39 is 17.1 Å². The number of carbonyl (C=O) groups is 5. The van der Waals surface area contributed by atoms with Crippen molar-refractivity contribution in [1.29, 1.82) is 0 Å². The minimum atomic E-state index is -0.623. The highest BCUT2D eigenvalue weighted by molar-refractivity contribution is 8.00. The van der Waals surface area contributed by atoms with Gasteiger partial charge >= 0.3 is 0 Å². The number of benzene rings is 5. The van der Waals surface area contributed by atoms with Gasteiger partial charge in [-0.2, -0.15) is 0 Å². The first-order chi connectivity index (χ1) is 26.6. The van der Waals surface area contributed by atoms with E-state index in [1.54, 1.807) is 103 Å². The molecule has 1 aliphatic rings. The highest BCUT2D eigenvalue weighted by Gasteiger charge is 2.32. The first kappa shape index (κ1) is 38.1. The Balaban J connectivity index is 1.23. The van der Waals surface area contributed by atoms with Crippen LogP contribution in [0.2, 0.25) is 0 Å². The summed E-state index contributed by atoms with van der Waals surface area (Å²) in [5.74, 6) is -0.907. The van der Waals surface area contributed by atoms with Gasteiger partial charge in [0, 0.05) is 44.5 Å². The zero-order chi connectivity index (χ0) is 39.1. The molecule has 0 radical (unpaired) electrons. The molecule has 1 unspecified atom stereocenters. The summed E-state index contributed by atoms with van der Waals surface area (Å²) in [6.07, 6.45) is 1.91. The molecule has 0 aromatic heterocycles. The third-order valence-electron chi connectivity index (χ3n) is 8.81. The van der Waals surface area contributed by atoms with E-state index in [1.165, 1.54) is 39.2 Å². The number of anilines is 2. The van der Waals surface area contributed by atoms with E-state index in [4.69, 9.17) is 14.2 Å². The van der Waals surface area contributed by atoms with Gasteiger partial charge in [-0.1, -0.05) is 67.6 Å². The SMILES string of the molecule is CCC(Sc1cccc(NC(=O)/C(=C\c2cc(OC)c(OC)cc2OC)NC(=O)c2ccccc2)c1)C(=O)Nc1cccc2c1C(=O)c1ccccc1C2=O. The zero-order valence-electron chi connectivity index (χ0n) is 30.4. The minimum absolute atomic E-state index is 0.0786. The van der Waals surface area contributed by atoms with Crippen LogP contribution in [0.5, 0.6) is 17.2 Å². The van der Waals surface area contributed by atoms with Crippen molar-refractivity contribution in [2.24, 2.45) is 0 Å². The van der Waals surface area contributed by atoms with E-state index in [9.17, 15) is 24.0 Å². The average molecular weight is 756 g/mol. The second kappa shape index (κ2) is 17.0. The zero-order valence-corrected chi connectivity index (χ0v) is 31.2. The fourth-order valence-electron chi connectivity index (χ4n) is 6.06. The summed E-state index contributed by atoms with van der Waals surface area (Å²) in [6.45, 7) is 1.86. The monoisotopic (exact) mass is 755 g/mol. The van der Waals surface area contributed by atoms with E-state index in [2.05, 4.69) is 16.0 Å². The normalized spacial score (nSPS) is 12.5. The molecule has 5 aromatic rings. The average Bonchev–Trinajstić information content (AvgIpc) is 3.21. The van der Waals surface area contributed by atoms with Crippen molar-refractivity contribution in [3.63, 3.8) is 0 Å². The summed E-state index contributed by atoms with van der Waals surface area (Å²) >= 11 is 1.27. The van der Waals surface area contributed by atoms with Crippen molar-refractivity contribution >= 4 is 58.5 Å². The van der Waals surface area contributed by atoms with E-state index in [0.29, 0.717) is 56.5 Å². The molecule has 5 aromatic carbocycles. The largest absolute Gasteiger partial charge is 0.496 e. The summed E-state index contributed by atoms with van der Waals surface area (Å²) in [5, 5.41) is 7.87. The number of hydrogen-bond donors (Lipinski definition) is 3. The highest BCUT2D eigenvalue weighted by atomic mass is 32.2. The quantitative estimate of drug-likeness (QED) is 0.0810. The number of amides is 3. The predicted molar refractivity (Wildman–Crippen MR) is 211 cm³/mol. The second-order valence-electron chi connectivity index (χ2n) is 12.2. The Kier molecular flexibility index (Phi) is 11.8. The standard InChI is InChI=1S/C43H37N3O8S/c1-5-37(43(51)45-32-20-12-19-31-38(32)40(48)30-18-10-9-17-29(30)39(31)47)55-28-16-11-15-27(23-28)44-42(50)33(46-41(49)25-13-7-6-8-14-25)21-26-22-35(53-3)36(54-4)24-34(26)52-2/h6-24,37H,5H2,1-4H3,(H,44,50)(H,45,51)(H,46,49)/b33-21+. The topological polar surface area (TPSA) is 149 Å². The van der Waals surface area contributed by atoms with Crippen LogP contribution >= 0.6 is 11.8 Å². The van der Waals surface area contributed by atoms with Crippen molar-refractivity contribution in [2.45, 2.75) is 23.5 Å². The number of ether oxygens (including phenoxy) is 3. The summed E-state index contributed by atoms with van der Waals surface area (Å²) in [7, 11) is 4.45. The Hall–Kier alpha value is -6.66. The molecule has 0 fully saturated rings. The van der Waals surface area contributed by atoms with Crippen LogP contribution in [0.4, 0.5) is 11.4 Å². The van der Waals surface area contributed by atoms with Gasteiger partial charge in [-0.3, -0.25) is 24.0 Å². The van der Waals surface area contributed by atoms with Gasteiger partial charge in [-0.25, -0.2) is 0 Å². The molecule has 0 aliphatic heterocycles. The Morgan fingerprint density at radius 3 is 2.02 bits per heavy atom. The number of hydrogen-bond acceptors (Lipinski definition) is 9. The molecule has 278 valence electrons. The maximum Gasteiger partial charge on any atom is 0.272 e. The van der Waals surface area contributed by atoms with Gasteiger partial charge in [0.05, 0.1) is 37.8 Å². The highest BCUT2D eigenvalue weighted by Crippen LogP contribution is 2.36. The molecule has 0 saturated heterocycles. The minimum Gasteiger partial charge on any atom is -0.496 e. The maximum absolute atomic E-state index is 13.9.